The van der Waals surface area contributed by atoms with E-state index in [1.165, 1.54) is 0 Å². The van der Waals surface area contributed by atoms with E-state index in [0.29, 0.717) is 0 Å². The Labute approximate surface area is 101 Å². The van der Waals surface area contributed by atoms with Crippen molar-refractivity contribution in [1.82, 2.24) is 0 Å². The predicted octanol–water partition coefficient (Wildman–Crippen LogP) is -3.74. The first-order chi connectivity index (χ1) is 8.13. The Kier molecular flexibility index (Phi) is 5.21. The third-order valence-corrected chi connectivity index (χ3v) is 2.90. The van der Waals surface area contributed by atoms with Crippen molar-refractivity contribution in [2.24, 2.45) is 0 Å². The molecule has 1 heterocycles. The SMILES string of the molecule is O=P(O)(O)OC[C@@H](O)C1OC(O)C(O)C(O)C1O. The van der Waals surface area contributed by atoms with Crippen LogP contribution in [0.5, 0.6) is 0 Å². The van der Waals surface area contributed by atoms with Crippen LogP contribution in [0.3, 0.4) is 0 Å². The molecule has 0 aromatic rings. The number of phosphoric acid groups is 1. The molecule has 7 N–H and O–H groups in total. The molecule has 1 aliphatic heterocycles. The molecule has 1 saturated heterocycles. The fourth-order valence-electron chi connectivity index (χ4n) is 1.47. The van der Waals surface area contributed by atoms with Crippen LogP contribution < -0.4 is 0 Å². The van der Waals surface area contributed by atoms with E-state index in [0.717, 1.165) is 0 Å². The average Bonchev–Trinajstić information content (AvgIpc) is 2.27. The van der Waals surface area contributed by atoms with E-state index < -0.39 is 51.2 Å². The Morgan fingerprint density at radius 1 is 1.11 bits per heavy atom. The predicted molar refractivity (Wildman–Crippen MR) is 52.9 cm³/mol. The van der Waals surface area contributed by atoms with Crippen LogP contribution in [0.15, 0.2) is 0 Å². The molecule has 0 aliphatic carbocycles. The number of phosphoric ester groups is 1. The molecule has 0 amide bonds. The summed E-state index contributed by atoms with van der Waals surface area (Å²) in [6.07, 6.45) is -10.4. The van der Waals surface area contributed by atoms with E-state index in [4.69, 9.17) is 20.0 Å². The molecule has 0 radical (unpaired) electrons. The van der Waals surface area contributed by atoms with Crippen molar-refractivity contribution >= 4 is 7.82 Å². The lowest BCUT2D eigenvalue weighted by Crippen LogP contribution is -2.61. The van der Waals surface area contributed by atoms with E-state index in [1.807, 2.05) is 0 Å². The summed E-state index contributed by atoms with van der Waals surface area (Å²) >= 11 is 0. The number of aliphatic hydroxyl groups is 5. The highest BCUT2D eigenvalue weighted by Crippen LogP contribution is 2.36. The highest BCUT2D eigenvalue weighted by molar-refractivity contribution is 7.46. The van der Waals surface area contributed by atoms with E-state index in [9.17, 15) is 19.9 Å². The lowest BCUT2D eigenvalue weighted by atomic mass is 9.96. The molecule has 108 valence electrons. The van der Waals surface area contributed by atoms with Crippen LogP contribution in [0.2, 0.25) is 0 Å². The quantitative estimate of drug-likeness (QED) is 0.254. The minimum absolute atomic E-state index is 0.887. The van der Waals surface area contributed by atoms with E-state index >= 15 is 0 Å². The van der Waals surface area contributed by atoms with Gasteiger partial charge in [0.2, 0.25) is 0 Å². The smallest absolute Gasteiger partial charge is 0.388 e. The van der Waals surface area contributed by atoms with Gasteiger partial charge < -0.3 is 40.1 Å². The second-order valence-corrected chi connectivity index (χ2v) is 5.06. The molecule has 0 aromatic carbocycles. The van der Waals surface area contributed by atoms with Gasteiger partial charge in [0.15, 0.2) is 6.29 Å². The third-order valence-electron chi connectivity index (χ3n) is 2.42. The van der Waals surface area contributed by atoms with Crippen molar-refractivity contribution < 1.29 is 49.1 Å². The Bertz CT molecular complexity index is 317. The summed E-state index contributed by atoms with van der Waals surface area (Å²) < 4.78 is 19.0. The molecular formula is C7H15O10P. The Morgan fingerprint density at radius 2 is 1.67 bits per heavy atom. The zero-order chi connectivity index (χ0) is 14.1. The summed E-state index contributed by atoms with van der Waals surface area (Å²) in [5.74, 6) is 0. The van der Waals surface area contributed by atoms with Gasteiger partial charge in [0, 0.05) is 0 Å². The first-order valence-corrected chi connectivity index (χ1v) is 6.42. The molecule has 0 saturated carbocycles. The summed E-state index contributed by atoms with van der Waals surface area (Å²) in [7, 11) is -4.80. The maximum Gasteiger partial charge on any atom is 0.469 e. The summed E-state index contributed by atoms with van der Waals surface area (Å²) in [5, 5.41) is 46.6. The number of rotatable bonds is 4. The standard InChI is InChI=1S/C7H15O10P/c8-2(1-16-18(13,14)15)6-4(10)3(9)5(11)7(12)17-6/h2-12H,1H2,(H2,13,14,15)/t2-,3?,4?,5?,6?,7?/m1/s1. The zero-order valence-corrected chi connectivity index (χ0v) is 9.87. The minimum atomic E-state index is -4.80. The van der Waals surface area contributed by atoms with Crippen molar-refractivity contribution in [3.63, 3.8) is 0 Å². The molecule has 18 heavy (non-hydrogen) atoms. The molecule has 0 bridgehead atoms. The van der Waals surface area contributed by atoms with Gasteiger partial charge in [-0.25, -0.2) is 4.57 Å². The molecule has 10 nitrogen and oxygen atoms in total. The first-order valence-electron chi connectivity index (χ1n) is 4.89. The molecule has 1 rings (SSSR count). The van der Waals surface area contributed by atoms with Crippen LogP contribution >= 0.6 is 7.82 Å². The van der Waals surface area contributed by atoms with Crippen LogP contribution in [0.4, 0.5) is 0 Å². The van der Waals surface area contributed by atoms with Gasteiger partial charge in [0.05, 0.1) is 6.61 Å². The van der Waals surface area contributed by atoms with Gasteiger partial charge in [-0.15, -0.1) is 0 Å². The molecule has 1 fully saturated rings. The van der Waals surface area contributed by atoms with E-state index in [1.54, 1.807) is 0 Å². The topological polar surface area (TPSA) is 177 Å². The summed E-state index contributed by atoms with van der Waals surface area (Å²) in [6.45, 7) is -0.887. The van der Waals surface area contributed by atoms with Gasteiger partial charge in [0.1, 0.15) is 30.5 Å². The van der Waals surface area contributed by atoms with Crippen molar-refractivity contribution in [2.75, 3.05) is 6.61 Å². The van der Waals surface area contributed by atoms with Crippen LogP contribution in [-0.2, 0) is 13.8 Å². The summed E-state index contributed by atoms with van der Waals surface area (Å²) in [5.41, 5.74) is 0. The van der Waals surface area contributed by atoms with Gasteiger partial charge in [-0.1, -0.05) is 0 Å². The van der Waals surface area contributed by atoms with Crippen LogP contribution in [0.1, 0.15) is 0 Å². The summed E-state index contributed by atoms with van der Waals surface area (Å²) in [6, 6.07) is 0. The molecule has 6 atom stereocenters. The molecule has 11 heteroatoms. The van der Waals surface area contributed by atoms with Crippen molar-refractivity contribution in [3.8, 4) is 0 Å². The van der Waals surface area contributed by atoms with Crippen molar-refractivity contribution in [3.05, 3.63) is 0 Å². The molecule has 5 unspecified atom stereocenters. The Balaban J connectivity index is 2.62. The number of hydrogen-bond donors (Lipinski definition) is 7. The van der Waals surface area contributed by atoms with Crippen molar-refractivity contribution in [2.45, 2.75) is 36.8 Å². The molecular weight excluding hydrogens is 275 g/mol. The lowest BCUT2D eigenvalue weighted by molar-refractivity contribution is -0.298. The van der Waals surface area contributed by atoms with Crippen molar-refractivity contribution in [1.29, 1.82) is 0 Å². The maximum atomic E-state index is 10.4. The normalized spacial score (nSPS) is 39.6. The molecule has 0 spiro atoms. The number of hydrogen-bond acceptors (Lipinski definition) is 8. The number of aliphatic hydroxyl groups excluding tert-OH is 5. The average molecular weight is 290 g/mol. The van der Waals surface area contributed by atoms with Crippen LogP contribution in [0, 0.1) is 0 Å². The van der Waals surface area contributed by atoms with E-state index in [-0.39, 0.29) is 0 Å². The Morgan fingerprint density at radius 3 is 2.17 bits per heavy atom. The largest absolute Gasteiger partial charge is 0.469 e. The van der Waals surface area contributed by atoms with Crippen LogP contribution in [0.25, 0.3) is 0 Å². The minimum Gasteiger partial charge on any atom is -0.388 e. The molecule has 0 aromatic heterocycles. The van der Waals surface area contributed by atoms with Gasteiger partial charge in [-0.05, 0) is 0 Å². The van der Waals surface area contributed by atoms with Gasteiger partial charge in [-0.3, -0.25) is 4.52 Å². The van der Waals surface area contributed by atoms with Gasteiger partial charge >= 0.3 is 7.82 Å². The fraction of sp³-hybridized carbons (Fsp3) is 1.00. The highest BCUT2D eigenvalue weighted by atomic mass is 31.2. The van der Waals surface area contributed by atoms with E-state index in [2.05, 4.69) is 9.26 Å². The second-order valence-electron chi connectivity index (χ2n) is 3.82. The monoisotopic (exact) mass is 290 g/mol. The third kappa shape index (κ3) is 3.93. The highest BCUT2D eigenvalue weighted by Gasteiger charge is 2.46. The first kappa shape index (κ1) is 15.9. The van der Waals surface area contributed by atoms with Crippen LogP contribution in [-0.4, -0.2) is 78.7 Å². The fourth-order valence-corrected chi connectivity index (χ4v) is 1.82. The zero-order valence-electron chi connectivity index (χ0n) is 8.97. The van der Waals surface area contributed by atoms with Gasteiger partial charge in [0.25, 0.3) is 0 Å². The lowest BCUT2D eigenvalue weighted by Gasteiger charge is -2.40. The Hall–Kier alpha value is -0.130. The maximum absolute atomic E-state index is 10.4. The number of ether oxygens (including phenoxy) is 1. The summed E-state index contributed by atoms with van der Waals surface area (Å²) in [4.78, 5) is 16.8. The second kappa shape index (κ2) is 5.88. The molecule has 1 aliphatic rings. The van der Waals surface area contributed by atoms with Gasteiger partial charge in [-0.2, -0.15) is 0 Å².